The minimum Gasteiger partial charge on any atom is -0.380 e. The van der Waals surface area contributed by atoms with Crippen LogP contribution in [0, 0.1) is 0 Å². The fourth-order valence-electron chi connectivity index (χ4n) is 2.18. The molecule has 0 bridgehead atoms. The fraction of sp³-hybridized carbons (Fsp3) is 0.706. The molecular weight excluding hydrogens is 262 g/mol. The Bertz CT molecular complexity index is 427. The molecule has 0 fully saturated rings. The molecule has 0 amide bonds. The van der Waals surface area contributed by atoms with Crippen LogP contribution < -0.4 is 10.2 Å². The van der Waals surface area contributed by atoms with Crippen molar-refractivity contribution in [2.75, 3.05) is 38.3 Å². The quantitative estimate of drug-likeness (QED) is 0.748. The number of anilines is 1. The minimum atomic E-state index is 0.0534. The summed E-state index contributed by atoms with van der Waals surface area (Å²) in [5, 5.41) is 3.23. The van der Waals surface area contributed by atoms with Gasteiger partial charge in [0, 0.05) is 37.4 Å². The number of likely N-dealkylation sites (N-methyl/N-ethyl adjacent to an activating group) is 1. The second-order valence-corrected chi connectivity index (χ2v) is 6.28. The topological polar surface area (TPSA) is 37.4 Å². The molecule has 1 N–H and O–H groups in total. The molecule has 0 unspecified atom stereocenters. The lowest BCUT2D eigenvalue weighted by Gasteiger charge is -2.26. The molecule has 1 aromatic rings. The second-order valence-electron chi connectivity index (χ2n) is 6.28. The molecule has 21 heavy (non-hydrogen) atoms. The van der Waals surface area contributed by atoms with Gasteiger partial charge in [-0.3, -0.25) is 0 Å². The molecule has 0 saturated carbocycles. The van der Waals surface area contributed by atoms with Gasteiger partial charge in [0.1, 0.15) is 5.82 Å². The van der Waals surface area contributed by atoms with Gasteiger partial charge in [-0.1, -0.05) is 20.8 Å². The largest absolute Gasteiger partial charge is 0.380 e. The number of hydrogen-bond acceptors (Lipinski definition) is 4. The summed E-state index contributed by atoms with van der Waals surface area (Å²) in [5.41, 5.74) is 2.47. The third-order valence-corrected chi connectivity index (χ3v) is 3.44. The van der Waals surface area contributed by atoms with Gasteiger partial charge in [-0.15, -0.1) is 0 Å². The average Bonchev–Trinajstić information content (AvgIpc) is 2.43. The van der Waals surface area contributed by atoms with Crippen LogP contribution in [0.25, 0.3) is 0 Å². The van der Waals surface area contributed by atoms with Gasteiger partial charge in [0.2, 0.25) is 0 Å². The first-order valence-corrected chi connectivity index (χ1v) is 7.91. The van der Waals surface area contributed by atoms with Crippen LogP contribution in [0.3, 0.4) is 0 Å². The summed E-state index contributed by atoms with van der Waals surface area (Å²) in [7, 11) is 1.98. The van der Waals surface area contributed by atoms with Gasteiger partial charge in [-0.05, 0) is 38.6 Å². The van der Waals surface area contributed by atoms with Crippen molar-refractivity contribution in [3.8, 4) is 0 Å². The number of pyridine rings is 1. The van der Waals surface area contributed by atoms with Gasteiger partial charge in [0.25, 0.3) is 0 Å². The van der Waals surface area contributed by atoms with Crippen molar-refractivity contribution >= 4 is 5.82 Å². The van der Waals surface area contributed by atoms with Crippen LogP contribution in [0.2, 0.25) is 0 Å². The van der Waals surface area contributed by atoms with E-state index in [4.69, 9.17) is 9.72 Å². The van der Waals surface area contributed by atoms with Crippen molar-refractivity contribution in [2.24, 2.45) is 0 Å². The Kier molecular flexibility index (Phi) is 7.12. The number of aromatic nitrogens is 1. The summed E-state index contributed by atoms with van der Waals surface area (Å²) < 4.78 is 5.48. The summed E-state index contributed by atoms with van der Waals surface area (Å²) in [4.78, 5) is 7.16. The predicted molar refractivity (Wildman–Crippen MR) is 90.1 cm³/mol. The molecule has 0 aliphatic carbocycles. The first-order valence-electron chi connectivity index (χ1n) is 7.91. The van der Waals surface area contributed by atoms with Crippen molar-refractivity contribution in [1.82, 2.24) is 10.3 Å². The SMILES string of the molecule is CCOCCN(CC)c1cc(CNC)cc(C(C)(C)C)n1. The maximum absolute atomic E-state index is 5.48. The highest BCUT2D eigenvalue weighted by molar-refractivity contribution is 5.44. The molecule has 1 rings (SSSR count). The summed E-state index contributed by atoms with van der Waals surface area (Å²) >= 11 is 0. The zero-order valence-corrected chi connectivity index (χ0v) is 14.5. The van der Waals surface area contributed by atoms with Gasteiger partial charge >= 0.3 is 0 Å². The molecule has 0 aliphatic rings. The Morgan fingerprint density at radius 2 is 1.95 bits per heavy atom. The number of nitrogens with one attached hydrogen (secondary N) is 1. The van der Waals surface area contributed by atoms with Crippen molar-refractivity contribution in [2.45, 2.75) is 46.6 Å². The highest BCUT2D eigenvalue weighted by Crippen LogP contribution is 2.25. The highest BCUT2D eigenvalue weighted by atomic mass is 16.5. The summed E-state index contributed by atoms with van der Waals surface area (Å²) in [5.74, 6) is 1.05. The molecule has 0 saturated heterocycles. The van der Waals surface area contributed by atoms with Gasteiger partial charge in [0.15, 0.2) is 0 Å². The second kappa shape index (κ2) is 8.35. The zero-order chi connectivity index (χ0) is 15.9. The lowest BCUT2D eigenvalue weighted by Crippen LogP contribution is -2.29. The zero-order valence-electron chi connectivity index (χ0n) is 14.5. The van der Waals surface area contributed by atoms with Crippen LogP contribution in [0.5, 0.6) is 0 Å². The molecule has 0 aliphatic heterocycles. The lowest BCUT2D eigenvalue weighted by molar-refractivity contribution is 0.154. The highest BCUT2D eigenvalue weighted by Gasteiger charge is 2.18. The van der Waals surface area contributed by atoms with Gasteiger partial charge in [-0.25, -0.2) is 4.98 Å². The smallest absolute Gasteiger partial charge is 0.129 e. The van der Waals surface area contributed by atoms with E-state index in [2.05, 4.69) is 50.0 Å². The van der Waals surface area contributed by atoms with E-state index < -0.39 is 0 Å². The molecule has 0 aromatic carbocycles. The summed E-state index contributed by atoms with van der Waals surface area (Å²) in [6.45, 7) is 15.0. The maximum Gasteiger partial charge on any atom is 0.129 e. The molecule has 1 aromatic heterocycles. The average molecular weight is 293 g/mol. The van der Waals surface area contributed by atoms with Crippen LogP contribution in [0.4, 0.5) is 5.82 Å². The monoisotopic (exact) mass is 293 g/mol. The Morgan fingerprint density at radius 3 is 2.48 bits per heavy atom. The summed E-state index contributed by atoms with van der Waals surface area (Å²) in [6.07, 6.45) is 0. The van der Waals surface area contributed by atoms with Crippen LogP contribution in [-0.2, 0) is 16.7 Å². The van der Waals surface area contributed by atoms with E-state index in [-0.39, 0.29) is 5.41 Å². The Hall–Kier alpha value is -1.13. The predicted octanol–water partition coefficient (Wildman–Crippen LogP) is 2.96. The van der Waals surface area contributed by atoms with Crippen molar-refractivity contribution < 1.29 is 4.74 Å². The minimum absolute atomic E-state index is 0.0534. The number of rotatable bonds is 8. The number of nitrogens with zero attached hydrogens (tertiary/aromatic N) is 2. The van der Waals surface area contributed by atoms with E-state index in [1.54, 1.807) is 0 Å². The van der Waals surface area contributed by atoms with Crippen LogP contribution >= 0.6 is 0 Å². The van der Waals surface area contributed by atoms with Crippen molar-refractivity contribution in [3.63, 3.8) is 0 Å². The van der Waals surface area contributed by atoms with Crippen LogP contribution in [0.15, 0.2) is 12.1 Å². The Morgan fingerprint density at radius 1 is 1.24 bits per heavy atom. The summed E-state index contributed by atoms with van der Waals surface area (Å²) in [6, 6.07) is 4.39. The third kappa shape index (κ3) is 5.64. The molecule has 4 heteroatoms. The van der Waals surface area contributed by atoms with E-state index in [0.29, 0.717) is 0 Å². The van der Waals surface area contributed by atoms with E-state index in [9.17, 15) is 0 Å². The maximum atomic E-state index is 5.48. The van der Waals surface area contributed by atoms with Crippen LogP contribution in [-0.4, -0.2) is 38.3 Å². The first kappa shape index (κ1) is 17.9. The standard InChI is InChI=1S/C17H31N3O/c1-7-20(9-10-21-8-2)16-12-14(13-18-6)11-15(19-16)17(3,4)5/h11-12,18H,7-10,13H2,1-6H3. The molecular formula is C17H31N3O. The van der Waals surface area contributed by atoms with Crippen LogP contribution in [0.1, 0.15) is 45.9 Å². The number of ether oxygens (including phenoxy) is 1. The Labute approximate surface area is 129 Å². The lowest BCUT2D eigenvalue weighted by atomic mass is 9.90. The van der Waals surface area contributed by atoms with Crippen molar-refractivity contribution in [3.05, 3.63) is 23.4 Å². The molecule has 0 radical (unpaired) electrons. The molecule has 0 spiro atoms. The van der Waals surface area contributed by atoms with Gasteiger partial charge < -0.3 is 15.0 Å². The van der Waals surface area contributed by atoms with E-state index in [1.807, 2.05) is 14.0 Å². The normalized spacial score (nSPS) is 11.7. The molecule has 1 heterocycles. The molecule has 4 nitrogen and oxygen atoms in total. The van der Waals surface area contributed by atoms with Gasteiger partial charge in [0.05, 0.1) is 6.61 Å². The third-order valence-electron chi connectivity index (χ3n) is 3.44. The fourth-order valence-corrected chi connectivity index (χ4v) is 2.18. The van der Waals surface area contributed by atoms with Crippen molar-refractivity contribution in [1.29, 1.82) is 0 Å². The first-order chi connectivity index (χ1) is 9.92. The Balaban J connectivity index is 3.04. The van der Waals surface area contributed by atoms with E-state index in [0.717, 1.165) is 44.4 Å². The molecule has 0 atom stereocenters. The van der Waals surface area contributed by atoms with Gasteiger partial charge in [-0.2, -0.15) is 0 Å². The van der Waals surface area contributed by atoms with E-state index in [1.165, 1.54) is 5.56 Å². The van der Waals surface area contributed by atoms with E-state index >= 15 is 0 Å². The molecule has 120 valence electrons. The number of hydrogen-bond donors (Lipinski definition) is 1.